The van der Waals surface area contributed by atoms with Gasteiger partial charge in [0.2, 0.25) is 0 Å². The second kappa shape index (κ2) is 9.05. The first-order valence-corrected chi connectivity index (χ1v) is 9.70. The van der Waals surface area contributed by atoms with E-state index in [9.17, 15) is 4.79 Å². The summed E-state index contributed by atoms with van der Waals surface area (Å²) in [5.74, 6) is 0.451. The van der Waals surface area contributed by atoms with Crippen LogP contribution >= 0.6 is 11.6 Å². The van der Waals surface area contributed by atoms with E-state index in [1.165, 1.54) is 5.01 Å². The van der Waals surface area contributed by atoms with Crippen molar-refractivity contribution in [3.8, 4) is 6.07 Å². The fraction of sp³-hybridized carbons (Fsp3) is 0.381. The molecule has 0 saturated heterocycles. The first-order chi connectivity index (χ1) is 13.5. The third kappa shape index (κ3) is 4.61. The van der Waals surface area contributed by atoms with Crippen molar-refractivity contribution in [1.82, 2.24) is 9.91 Å². The highest BCUT2D eigenvalue weighted by Gasteiger charge is 2.35. The molecular formula is C21H23ClN4O2. The molecule has 0 spiro atoms. The number of furan rings is 1. The van der Waals surface area contributed by atoms with E-state index in [1.807, 2.05) is 55.1 Å². The van der Waals surface area contributed by atoms with Crippen LogP contribution < -0.4 is 0 Å². The van der Waals surface area contributed by atoms with Crippen LogP contribution in [-0.2, 0) is 4.79 Å². The van der Waals surface area contributed by atoms with Crippen LogP contribution in [0.5, 0.6) is 0 Å². The molecule has 3 rings (SSSR count). The minimum Gasteiger partial charge on any atom is -0.467 e. The quantitative estimate of drug-likeness (QED) is 0.704. The van der Waals surface area contributed by atoms with Crippen molar-refractivity contribution >= 4 is 23.2 Å². The minimum absolute atomic E-state index is 0.114. The van der Waals surface area contributed by atoms with Crippen molar-refractivity contribution in [2.45, 2.75) is 26.3 Å². The van der Waals surface area contributed by atoms with Gasteiger partial charge in [-0.2, -0.15) is 10.4 Å². The maximum absolute atomic E-state index is 13.1. The number of hydrogen-bond acceptors (Lipinski definition) is 5. The van der Waals surface area contributed by atoms with E-state index >= 15 is 0 Å². The molecule has 0 aliphatic carbocycles. The van der Waals surface area contributed by atoms with Crippen molar-refractivity contribution in [3.05, 3.63) is 59.0 Å². The molecule has 2 unspecified atom stereocenters. The Balaban J connectivity index is 1.82. The molecular weight excluding hydrogens is 376 g/mol. The van der Waals surface area contributed by atoms with Gasteiger partial charge in [0.25, 0.3) is 5.91 Å². The highest BCUT2D eigenvalue weighted by atomic mass is 35.5. The smallest absolute Gasteiger partial charge is 0.257 e. The topological polar surface area (TPSA) is 72.8 Å². The standard InChI is InChI=1S/C21H23ClN4O2/c1-3-25(13-15(2)12-23)14-21(27)26-19(20-5-4-10-28-20)11-18(24-26)16-6-8-17(22)9-7-16/h4-10,15,19H,3,11,13-14H2,1-2H3. The molecule has 0 saturated carbocycles. The van der Waals surface area contributed by atoms with E-state index in [4.69, 9.17) is 21.3 Å². The number of carbonyl (C=O) groups excluding carboxylic acids is 1. The Bertz CT molecular complexity index is 871. The molecule has 0 N–H and O–H groups in total. The molecule has 2 heterocycles. The molecule has 0 bridgehead atoms. The lowest BCUT2D eigenvalue weighted by atomic mass is 10.0. The number of hydrogen-bond donors (Lipinski definition) is 0. The van der Waals surface area contributed by atoms with Crippen molar-refractivity contribution in [1.29, 1.82) is 5.26 Å². The number of rotatable bonds is 7. The molecule has 0 fully saturated rings. The van der Waals surface area contributed by atoms with Crippen LogP contribution in [0.3, 0.4) is 0 Å². The summed E-state index contributed by atoms with van der Waals surface area (Å²) in [7, 11) is 0. The van der Waals surface area contributed by atoms with Gasteiger partial charge >= 0.3 is 0 Å². The number of amides is 1. The molecule has 1 aliphatic rings. The van der Waals surface area contributed by atoms with Gasteiger partial charge in [-0.15, -0.1) is 0 Å². The van der Waals surface area contributed by atoms with E-state index in [2.05, 4.69) is 11.2 Å². The molecule has 0 radical (unpaired) electrons. The molecule has 28 heavy (non-hydrogen) atoms. The van der Waals surface area contributed by atoms with Crippen molar-refractivity contribution < 1.29 is 9.21 Å². The third-order valence-corrected chi connectivity index (χ3v) is 5.03. The number of hydrazone groups is 1. The van der Waals surface area contributed by atoms with Gasteiger partial charge in [-0.1, -0.05) is 30.7 Å². The zero-order valence-corrected chi connectivity index (χ0v) is 16.8. The van der Waals surface area contributed by atoms with Gasteiger partial charge in [0.15, 0.2) is 0 Å². The number of benzene rings is 1. The summed E-state index contributed by atoms with van der Waals surface area (Å²) in [5, 5.41) is 15.8. The maximum atomic E-state index is 13.1. The van der Waals surface area contributed by atoms with Crippen molar-refractivity contribution in [2.75, 3.05) is 19.6 Å². The van der Waals surface area contributed by atoms with Gasteiger partial charge in [-0.05, 0) is 43.3 Å². The number of nitriles is 1. The Morgan fingerprint density at radius 2 is 2.18 bits per heavy atom. The van der Waals surface area contributed by atoms with Crippen LogP contribution in [0, 0.1) is 17.2 Å². The molecule has 1 amide bonds. The van der Waals surface area contributed by atoms with E-state index < -0.39 is 0 Å². The first-order valence-electron chi connectivity index (χ1n) is 9.32. The second-order valence-electron chi connectivity index (χ2n) is 6.89. The molecule has 2 aromatic rings. The normalized spacial score (nSPS) is 17.5. The van der Waals surface area contributed by atoms with E-state index in [0.717, 1.165) is 11.3 Å². The number of likely N-dealkylation sites (N-methyl/N-ethyl adjacent to an activating group) is 1. The van der Waals surface area contributed by atoms with Crippen LogP contribution in [0.25, 0.3) is 0 Å². The molecule has 6 nitrogen and oxygen atoms in total. The Labute approximate surface area is 170 Å². The monoisotopic (exact) mass is 398 g/mol. The van der Waals surface area contributed by atoms with Crippen molar-refractivity contribution in [3.63, 3.8) is 0 Å². The Morgan fingerprint density at radius 1 is 1.43 bits per heavy atom. The van der Waals surface area contributed by atoms with E-state index in [-0.39, 0.29) is 24.4 Å². The van der Waals surface area contributed by atoms with Crippen LogP contribution in [-0.4, -0.2) is 41.2 Å². The SMILES string of the molecule is CCN(CC(=O)N1N=C(c2ccc(Cl)cc2)CC1c1ccco1)CC(C)C#N. The van der Waals surface area contributed by atoms with Gasteiger partial charge in [-0.3, -0.25) is 9.69 Å². The van der Waals surface area contributed by atoms with Gasteiger partial charge < -0.3 is 4.42 Å². The molecule has 146 valence electrons. The van der Waals surface area contributed by atoms with Gasteiger partial charge in [-0.25, -0.2) is 5.01 Å². The summed E-state index contributed by atoms with van der Waals surface area (Å²) in [4.78, 5) is 15.0. The number of nitrogens with zero attached hydrogens (tertiary/aromatic N) is 4. The fourth-order valence-electron chi connectivity index (χ4n) is 3.26. The van der Waals surface area contributed by atoms with Crippen molar-refractivity contribution in [2.24, 2.45) is 11.0 Å². The third-order valence-electron chi connectivity index (χ3n) is 4.77. The minimum atomic E-state index is -0.278. The Kier molecular flexibility index (Phi) is 6.50. The largest absolute Gasteiger partial charge is 0.467 e. The summed E-state index contributed by atoms with van der Waals surface area (Å²) >= 11 is 5.99. The predicted molar refractivity (Wildman–Crippen MR) is 108 cm³/mol. The lowest BCUT2D eigenvalue weighted by Crippen LogP contribution is -2.39. The number of halogens is 1. The fourth-order valence-corrected chi connectivity index (χ4v) is 3.38. The van der Waals surface area contributed by atoms with E-state index in [1.54, 1.807) is 6.26 Å². The Morgan fingerprint density at radius 3 is 2.79 bits per heavy atom. The average Bonchev–Trinajstić information content (AvgIpc) is 3.37. The maximum Gasteiger partial charge on any atom is 0.257 e. The summed E-state index contributed by atoms with van der Waals surface area (Å²) in [6.07, 6.45) is 2.17. The molecule has 7 heteroatoms. The average molecular weight is 399 g/mol. The van der Waals surface area contributed by atoms with Crippen LogP contribution in [0.2, 0.25) is 5.02 Å². The van der Waals surface area contributed by atoms with Crippen LogP contribution in [0.4, 0.5) is 0 Å². The van der Waals surface area contributed by atoms with Crippen LogP contribution in [0.1, 0.15) is 37.6 Å². The molecule has 1 aromatic carbocycles. The Hall–Kier alpha value is -2.62. The van der Waals surface area contributed by atoms with Gasteiger partial charge in [0.05, 0.1) is 30.5 Å². The van der Waals surface area contributed by atoms with Gasteiger partial charge in [0, 0.05) is 18.0 Å². The highest BCUT2D eigenvalue weighted by Crippen LogP contribution is 2.33. The summed E-state index contributed by atoms with van der Waals surface area (Å²) in [5.41, 5.74) is 1.75. The molecule has 1 aromatic heterocycles. The lowest BCUT2D eigenvalue weighted by molar-refractivity contribution is -0.134. The summed E-state index contributed by atoms with van der Waals surface area (Å²) in [6, 6.07) is 13.0. The molecule has 2 atom stereocenters. The van der Waals surface area contributed by atoms with Gasteiger partial charge in [0.1, 0.15) is 11.8 Å². The molecule has 1 aliphatic heterocycles. The summed E-state index contributed by atoms with van der Waals surface area (Å²) in [6.45, 7) is 5.27. The highest BCUT2D eigenvalue weighted by molar-refractivity contribution is 6.30. The number of carbonyl (C=O) groups is 1. The summed E-state index contributed by atoms with van der Waals surface area (Å²) < 4.78 is 5.57. The lowest BCUT2D eigenvalue weighted by Gasteiger charge is -2.25. The zero-order valence-electron chi connectivity index (χ0n) is 16.0. The second-order valence-corrected chi connectivity index (χ2v) is 7.32. The first kappa shape index (κ1) is 20.1. The van der Waals surface area contributed by atoms with E-state index in [0.29, 0.717) is 30.3 Å². The predicted octanol–water partition coefficient (Wildman–Crippen LogP) is 4.09. The zero-order chi connectivity index (χ0) is 20.1. The van der Waals surface area contributed by atoms with Crippen LogP contribution in [0.15, 0.2) is 52.2 Å².